The Morgan fingerprint density at radius 2 is 2.00 bits per heavy atom. The van der Waals surface area contributed by atoms with E-state index in [1.807, 2.05) is 30.3 Å². The van der Waals surface area contributed by atoms with Crippen LogP contribution in [-0.4, -0.2) is 29.6 Å². The zero-order valence-corrected chi connectivity index (χ0v) is 11.5. The van der Waals surface area contributed by atoms with Crippen LogP contribution in [0.5, 0.6) is 0 Å². The van der Waals surface area contributed by atoms with Gasteiger partial charge in [0.15, 0.2) is 0 Å². The van der Waals surface area contributed by atoms with Crippen LogP contribution in [0, 0.1) is 5.92 Å². The highest BCUT2D eigenvalue weighted by Gasteiger charge is 2.23. The smallest absolute Gasteiger partial charge is 0.0916 e. The van der Waals surface area contributed by atoms with Gasteiger partial charge in [0.05, 0.1) is 6.10 Å². The maximum atomic E-state index is 10.2. The third-order valence-corrected chi connectivity index (χ3v) is 4.18. The minimum absolute atomic E-state index is 0.367. The molecule has 1 aromatic rings. The fraction of sp³-hybridized carbons (Fsp3) is 0.625. The highest BCUT2D eigenvalue weighted by molar-refractivity contribution is 5.17. The van der Waals surface area contributed by atoms with Crippen LogP contribution in [0.4, 0.5) is 0 Å². The molecule has 1 aliphatic rings. The number of hydrogen-bond donors (Lipinski definition) is 1. The van der Waals surface area contributed by atoms with Gasteiger partial charge in [-0.2, -0.15) is 0 Å². The van der Waals surface area contributed by atoms with Gasteiger partial charge in [0.2, 0.25) is 0 Å². The lowest BCUT2D eigenvalue weighted by molar-refractivity contribution is 0.0831. The molecule has 0 radical (unpaired) electrons. The molecule has 2 heteroatoms. The number of aliphatic hydroxyl groups excluding tert-OH is 1. The standard InChI is InChI=1S/C16H25NO/c1-13-7-6-10-15(11-13)17(2)12-16(18)14-8-4-3-5-9-14/h3-5,8-9,13,15-16,18H,6-7,10-12H2,1-2H3. The fourth-order valence-corrected chi connectivity index (χ4v) is 3.00. The fourth-order valence-electron chi connectivity index (χ4n) is 3.00. The summed E-state index contributed by atoms with van der Waals surface area (Å²) < 4.78 is 0. The minimum atomic E-state index is -0.367. The zero-order valence-electron chi connectivity index (χ0n) is 11.5. The molecule has 2 rings (SSSR count). The first kappa shape index (κ1) is 13.6. The number of aliphatic hydroxyl groups is 1. The number of hydrogen-bond acceptors (Lipinski definition) is 2. The van der Waals surface area contributed by atoms with Gasteiger partial charge in [-0.3, -0.25) is 0 Å². The molecule has 18 heavy (non-hydrogen) atoms. The summed E-state index contributed by atoms with van der Waals surface area (Å²) in [6.07, 6.45) is 4.89. The molecule has 1 aliphatic carbocycles. The Labute approximate surface area is 111 Å². The molecule has 0 amide bonds. The third-order valence-electron chi connectivity index (χ3n) is 4.18. The second-order valence-corrected chi connectivity index (χ2v) is 5.79. The first-order valence-corrected chi connectivity index (χ1v) is 7.10. The Bertz CT molecular complexity index is 351. The highest BCUT2D eigenvalue weighted by atomic mass is 16.3. The quantitative estimate of drug-likeness (QED) is 0.883. The summed E-state index contributed by atoms with van der Waals surface area (Å²) in [6, 6.07) is 10.6. The molecule has 1 aromatic carbocycles. The van der Waals surface area contributed by atoms with Gasteiger partial charge in [0, 0.05) is 12.6 Å². The second kappa shape index (κ2) is 6.35. The second-order valence-electron chi connectivity index (χ2n) is 5.79. The van der Waals surface area contributed by atoms with E-state index < -0.39 is 0 Å². The Morgan fingerprint density at radius 3 is 2.67 bits per heavy atom. The van der Waals surface area contributed by atoms with Crippen LogP contribution < -0.4 is 0 Å². The van der Waals surface area contributed by atoms with Crippen molar-refractivity contribution in [1.82, 2.24) is 4.90 Å². The van der Waals surface area contributed by atoms with E-state index in [1.54, 1.807) is 0 Å². The predicted octanol–water partition coefficient (Wildman–Crippen LogP) is 3.23. The summed E-state index contributed by atoms with van der Waals surface area (Å²) in [7, 11) is 2.15. The molecule has 1 N–H and O–H groups in total. The average molecular weight is 247 g/mol. The lowest BCUT2D eigenvalue weighted by Gasteiger charge is -2.35. The van der Waals surface area contributed by atoms with Crippen LogP contribution in [0.25, 0.3) is 0 Å². The Kier molecular flexibility index (Phi) is 4.79. The van der Waals surface area contributed by atoms with E-state index in [-0.39, 0.29) is 6.10 Å². The summed E-state index contributed by atoms with van der Waals surface area (Å²) >= 11 is 0. The molecule has 1 saturated carbocycles. The van der Waals surface area contributed by atoms with Crippen molar-refractivity contribution in [2.45, 2.75) is 44.8 Å². The average Bonchev–Trinajstić information content (AvgIpc) is 2.39. The van der Waals surface area contributed by atoms with E-state index in [9.17, 15) is 5.11 Å². The topological polar surface area (TPSA) is 23.5 Å². The Hall–Kier alpha value is -0.860. The van der Waals surface area contributed by atoms with Gasteiger partial charge in [0.25, 0.3) is 0 Å². The number of nitrogens with zero attached hydrogens (tertiary/aromatic N) is 1. The number of likely N-dealkylation sites (N-methyl/N-ethyl adjacent to an activating group) is 1. The first-order valence-electron chi connectivity index (χ1n) is 7.10. The maximum absolute atomic E-state index is 10.2. The number of rotatable bonds is 4. The molecule has 3 unspecified atom stereocenters. The van der Waals surface area contributed by atoms with Crippen LogP contribution in [-0.2, 0) is 0 Å². The zero-order chi connectivity index (χ0) is 13.0. The molecular formula is C16H25NO. The van der Waals surface area contributed by atoms with E-state index in [2.05, 4.69) is 18.9 Å². The third kappa shape index (κ3) is 3.56. The molecular weight excluding hydrogens is 222 g/mol. The lowest BCUT2D eigenvalue weighted by Crippen LogP contribution is -2.38. The molecule has 0 spiro atoms. The van der Waals surface area contributed by atoms with Gasteiger partial charge in [-0.1, -0.05) is 50.1 Å². The van der Waals surface area contributed by atoms with Gasteiger partial charge >= 0.3 is 0 Å². The first-order chi connectivity index (χ1) is 8.66. The summed E-state index contributed by atoms with van der Waals surface area (Å²) in [4.78, 5) is 2.34. The molecule has 0 aliphatic heterocycles. The molecule has 0 heterocycles. The van der Waals surface area contributed by atoms with Gasteiger partial charge in [-0.15, -0.1) is 0 Å². The van der Waals surface area contributed by atoms with Crippen molar-refractivity contribution in [3.63, 3.8) is 0 Å². The summed E-state index contributed by atoms with van der Waals surface area (Å²) in [5, 5.41) is 10.2. The normalized spacial score (nSPS) is 26.2. The van der Waals surface area contributed by atoms with E-state index in [1.165, 1.54) is 25.7 Å². The molecule has 100 valence electrons. The van der Waals surface area contributed by atoms with Crippen LogP contribution in [0.2, 0.25) is 0 Å². The minimum Gasteiger partial charge on any atom is -0.387 e. The van der Waals surface area contributed by atoms with Crippen molar-refractivity contribution in [2.24, 2.45) is 5.92 Å². The molecule has 0 saturated heterocycles. The summed E-state index contributed by atoms with van der Waals surface area (Å²) in [5.41, 5.74) is 1.02. The monoisotopic (exact) mass is 247 g/mol. The predicted molar refractivity (Wildman–Crippen MR) is 75.5 cm³/mol. The summed E-state index contributed by atoms with van der Waals surface area (Å²) in [6.45, 7) is 3.08. The SMILES string of the molecule is CC1CCCC(N(C)CC(O)c2ccccc2)C1. The molecule has 2 nitrogen and oxygen atoms in total. The van der Waals surface area contributed by atoms with Crippen molar-refractivity contribution in [1.29, 1.82) is 0 Å². The van der Waals surface area contributed by atoms with E-state index in [0.717, 1.165) is 18.0 Å². The Balaban J connectivity index is 1.88. The van der Waals surface area contributed by atoms with Gasteiger partial charge < -0.3 is 10.0 Å². The largest absolute Gasteiger partial charge is 0.387 e. The molecule has 1 fully saturated rings. The van der Waals surface area contributed by atoms with Gasteiger partial charge in [-0.25, -0.2) is 0 Å². The van der Waals surface area contributed by atoms with Crippen molar-refractivity contribution in [3.8, 4) is 0 Å². The van der Waals surface area contributed by atoms with Crippen LogP contribution in [0.1, 0.15) is 44.3 Å². The molecule has 3 atom stereocenters. The molecule has 0 aromatic heterocycles. The van der Waals surface area contributed by atoms with Gasteiger partial charge in [-0.05, 0) is 31.4 Å². The lowest BCUT2D eigenvalue weighted by atomic mass is 9.86. The Morgan fingerprint density at radius 1 is 1.28 bits per heavy atom. The van der Waals surface area contributed by atoms with Crippen molar-refractivity contribution in [3.05, 3.63) is 35.9 Å². The van der Waals surface area contributed by atoms with Crippen LogP contribution >= 0.6 is 0 Å². The molecule has 0 bridgehead atoms. The van der Waals surface area contributed by atoms with E-state index in [0.29, 0.717) is 6.04 Å². The van der Waals surface area contributed by atoms with Crippen LogP contribution in [0.3, 0.4) is 0 Å². The van der Waals surface area contributed by atoms with E-state index >= 15 is 0 Å². The van der Waals surface area contributed by atoms with Crippen molar-refractivity contribution in [2.75, 3.05) is 13.6 Å². The maximum Gasteiger partial charge on any atom is 0.0916 e. The van der Waals surface area contributed by atoms with E-state index in [4.69, 9.17) is 0 Å². The van der Waals surface area contributed by atoms with Crippen LogP contribution in [0.15, 0.2) is 30.3 Å². The van der Waals surface area contributed by atoms with Crippen molar-refractivity contribution >= 4 is 0 Å². The van der Waals surface area contributed by atoms with Gasteiger partial charge in [0.1, 0.15) is 0 Å². The summed E-state index contributed by atoms with van der Waals surface area (Å²) in [5.74, 6) is 0.833. The van der Waals surface area contributed by atoms with Crippen molar-refractivity contribution < 1.29 is 5.11 Å². The number of benzene rings is 1. The highest BCUT2D eigenvalue weighted by Crippen LogP contribution is 2.27.